The van der Waals surface area contributed by atoms with Gasteiger partial charge in [-0.2, -0.15) is 0 Å². The van der Waals surface area contributed by atoms with Crippen molar-refractivity contribution in [1.82, 2.24) is 0 Å². The summed E-state index contributed by atoms with van der Waals surface area (Å²) in [6.45, 7) is 0. The molecule has 0 aliphatic heterocycles. The van der Waals surface area contributed by atoms with Gasteiger partial charge in [0, 0.05) is 0 Å². The number of hydrogen-bond acceptors (Lipinski definition) is 2. The Labute approximate surface area is 79.8 Å². The van der Waals surface area contributed by atoms with E-state index in [0.29, 0.717) is 24.0 Å². The molecule has 0 amide bonds. The predicted octanol–water partition coefficient (Wildman–Crippen LogP) is 1.18. The molecule has 0 heterocycles. The van der Waals surface area contributed by atoms with Crippen molar-refractivity contribution in [2.45, 2.75) is 12.8 Å². The van der Waals surface area contributed by atoms with Crippen molar-refractivity contribution in [1.29, 1.82) is 0 Å². The molecule has 14 heavy (non-hydrogen) atoms. The van der Waals surface area contributed by atoms with E-state index in [0.717, 1.165) is 0 Å². The second kappa shape index (κ2) is 2.83. The van der Waals surface area contributed by atoms with Gasteiger partial charge in [-0.05, 0) is 36.1 Å². The number of rotatable bonds is 2. The maximum absolute atomic E-state index is 10.7. The van der Waals surface area contributed by atoms with E-state index < -0.39 is 11.9 Å². The van der Waals surface area contributed by atoms with Gasteiger partial charge < -0.3 is 10.2 Å². The van der Waals surface area contributed by atoms with Crippen molar-refractivity contribution in [3.8, 4) is 0 Å². The zero-order valence-electron chi connectivity index (χ0n) is 7.28. The summed E-state index contributed by atoms with van der Waals surface area (Å²) in [6.07, 6.45) is 1.33. The van der Waals surface area contributed by atoms with Crippen LogP contribution >= 0.6 is 0 Å². The van der Waals surface area contributed by atoms with Gasteiger partial charge in [0.25, 0.3) is 0 Å². The lowest BCUT2D eigenvalue weighted by Gasteiger charge is -2.22. The highest BCUT2D eigenvalue weighted by Crippen LogP contribution is 2.29. The van der Waals surface area contributed by atoms with E-state index in [-0.39, 0.29) is 11.1 Å². The monoisotopic (exact) mass is 192 g/mol. The highest BCUT2D eigenvalue weighted by molar-refractivity contribution is 5.95. The van der Waals surface area contributed by atoms with Gasteiger partial charge in [0.1, 0.15) is 0 Å². The van der Waals surface area contributed by atoms with Crippen LogP contribution in [0, 0.1) is 0 Å². The number of hydrogen-bond donors (Lipinski definition) is 2. The number of carboxylic acid groups (broad SMARTS) is 2. The molecule has 0 saturated heterocycles. The Morgan fingerprint density at radius 1 is 0.929 bits per heavy atom. The second-order valence-corrected chi connectivity index (χ2v) is 3.23. The molecule has 0 bridgehead atoms. The quantitative estimate of drug-likeness (QED) is 0.737. The Morgan fingerprint density at radius 2 is 1.29 bits per heavy atom. The summed E-state index contributed by atoms with van der Waals surface area (Å²) in [7, 11) is 0. The molecule has 4 heteroatoms. The average molecular weight is 192 g/mol. The first-order chi connectivity index (χ1) is 6.61. The summed E-state index contributed by atoms with van der Waals surface area (Å²) in [5.41, 5.74) is 1.82. The zero-order valence-corrected chi connectivity index (χ0v) is 7.28. The van der Waals surface area contributed by atoms with Crippen molar-refractivity contribution in [2.75, 3.05) is 0 Å². The zero-order chi connectivity index (χ0) is 10.3. The number of benzene rings is 1. The first kappa shape index (κ1) is 8.74. The fourth-order valence-corrected chi connectivity index (χ4v) is 1.74. The van der Waals surface area contributed by atoms with E-state index in [1.807, 2.05) is 0 Å². The van der Waals surface area contributed by atoms with Crippen LogP contribution in [0.5, 0.6) is 0 Å². The molecule has 0 atom stereocenters. The lowest BCUT2D eigenvalue weighted by molar-refractivity contribution is 0.0677. The van der Waals surface area contributed by atoms with Gasteiger partial charge in [0.2, 0.25) is 0 Å². The summed E-state index contributed by atoms with van der Waals surface area (Å²) in [4.78, 5) is 21.5. The average Bonchev–Trinajstić information content (AvgIpc) is 2.04. The van der Waals surface area contributed by atoms with E-state index in [4.69, 9.17) is 10.2 Å². The van der Waals surface area contributed by atoms with Crippen LogP contribution < -0.4 is 0 Å². The Balaban J connectivity index is 2.59. The van der Waals surface area contributed by atoms with Crippen LogP contribution in [-0.4, -0.2) is 22.2 Å². The van der Waals surface area contributed by atoms with E-state index in [1.54, 1.807) is 0 Å². The van der Waals surface area contributed by atoms with E-state index >= 15 is 0 Å². The fraction of sp³-hybridized carbons (Fsp3) is 0.200. The van der Waals surface area contributed by atoms with Crippen LogP contribution in [0.2, 0.25) is 0 Å². The first-order valence-corrected chi connectivity index (χ1v) is 4.22. The maximum Gasteiger partial charge on any atom is 0.335 e. The van der Waals surface area contributed by atoms with Crippen LogP contribution in [0.3, 0.4) is 0 Å². The molecule has 0 aromatic heterocycles. The number of carboxylic acids is 2. The molecular formula is C10H8O4. The Bertz CT molecular complexity index is 393. The first-order valence-electron chi connectivity index (χ1n) is 4.22. The minimum Gasteiger partial charge on any atom is -0.478 e. The SMILES string of the molecule is O=C(O)c1ccc(C(=O)O)c2c1CC2. The summed E-state index contributed by atoms with van der Waals surface area (Å²) >= 11 is 0. The Morgan fingerprint density at radius 3 is 1.50 bits per heavy atom. The van der Waals surface area contributed by atoms with Crippen molar-refractivity contribution >= 4 is 11.9 Å². The van der Waals surface area contributed by atoms with Crippen molar-refractivity contribution < 1.29 is 19.8 Å². The van der Waals surface area contributed by atoms with Gasteiger partial charge in [-0.15, -0.1) is 0 Å². The second-order valence-electron chi connectivity index (χ2n) is 3.23. The molecule has 1 aromatic carbocycles. The third-order valence-corrected chi connectivity index (χ3v) is 2.52. The molecule has 1 aliphatic carbocycles. The number of carbonyl (C=O) groups is 2. The minimum absolute atomic E-state index is 0.233. The number of aromatic carboxylic acids is 2. The Hall–Kier alpha value is -1.84. The Kier molecular flexibility index (Phi) is 1.77. The van der Waals surface area contributed by atoms with Crippen molar-refractivity contribution in [2.24, 2.45) is 0 Å². The summed E-state index contributed by atoms with van der Waals surface area (Å²) in [5.74, 6) is -1.98. The molecule has 4 nitrogen and oxygen atoms in total. The van der Waals surface area contributed by atoms with E-state index in [1.165, 1.54) is 12.1 Å². The molecule has 2 rings (SSSR count). The summed E-state index contributed by atoms with van der Waals surface area (Å²) in [6, 6.07) is 2.73. The molecular weight excluding hydrogens is 184 g/mol. The normalized spacial score (nSPS) is 12.9. The highest BCUT2D eigenvalue weighted by Gasteiger charge is 2.26. The summed E-state index contributed by atoms with van der Waals surface area (Å²) in [5, 5.41) is 17.6. The van der Waals surface area contributed by atoms with Gasteiger partial charge in [-0.25, -0.2) is 9.59 Å². The van der Waals surface area contributed by atoms with Crippen LogP contribution in [0.25, 0.3) is 0 Å². The minimum atomic E-state index is -0.988. The van der Waals surface area contributed by atoms with Crippen molar-refractivity contribution in [3.63, 3.8) is 0 Å². The van der Waals surface area contributed by atoms with Crippen LogP contribution in [0.4, 0.5) is 0 Å². The lowest BCUT2D eigenvalue weighted by Crippen LogP contribution is -2.19. The molecule has 72 valence electrons. The number of fused-ring (bicyclic) bond motifs is 1. The smallest absolute Gasteiger partial charge is 0.335 e. The molecule has 1 aliphatic rings. The highest BCUT2D eigenvalue weighted by atomic mass is 16.4. The fourth-order valence-electron chi connectivity index (χ4n) is 1.74. The molecule has 1 aromatic rings. The van der Waals surface area contributed by atoms with E-state index in [9.17, 15) is 9.59 Å². The van der Waals surface area contributed by atoms with Gasteiger partial charge in [-0.3, -0.25) is 0 Å². The lowest BCUT2D eigenvalue weighted by atomic mass is 9.81. The molecule has 2 N–H and O–H groups in total. The molecule has 0 unspecified atom stereocenters. The molecule has 0 saturated carbocycles. The van der Waals surface area contributed by atoms with Gasteiger partial charge in [0.05, 0.1) is 11.1 Å². The van der Waals surface area contributed by atoms with E-state index in [2.05, 4.69) is 0 Å². The molecule has 0 fully saturated rings. The van der Waals surface area contributed by atoms with Gasteiger partial charge in [-0.1, -0.05) is 0 Å². The summed E-state index contributed by atoms with van der Waals surface area (Å²) < 4.78 is 0. The molecule has 0 spiro atoms. The van der Waals surface area contributed by atoms with Crippen LogP contribution in [0.15, 0.2) is 12.1 Å². The third kappa shape index (κ3) is 1.08. The van der Waals surface area contributed by atoms with Crippen LogP contribution in [-0.2, 0) is 12.8 Å². The standard InChI is InChI=1S/C10H8O4/c11-9(12)7-3-4-8(10(13)14)6-2-1-5(6)7/h3-4H,1-2H2,(H,11,12)(H,13,14). The topological polar surface area (TPSA) is 74.6 Å². The third-order valence-electron chi connectivity index (χ3n) is 2.52. The van der Waals surface area contributed by atoms with Gasteiger partial charge in [0.15, 0.2) is 0 Å². The van der Waals surface area contributed by atoms with Gasteiger partial charge >= 0.3 is 11.9 Å². The van der Waals surface area contributed by atoms with Crippen LogP contribution in [0.1, 0.15) is 31.8 Å². The predicted molar refractivity (Wildman–Crippen MR) is 47.8 cm³/mol. The van der Waals surface area contributed by atoms with Crippen molar-refractivity contribution in [3.05, 3.63) is 34.4 Å². The largest absolute Gasteiger partial charge is 0.478 e. The molecule has 0 radical (unpaired) electrons. The maximum atomic E-state index is 10.7.